The molecular weight excluding hydrogens is 354 g/mol. The van der Waals surface area contributed by atoms with Crippen molar-refractivity contribution in [1.29, 1.82) is 0 Å². The van der Waals surface area contributed by atoms with Crippen molar-refractivity contribution < 1.29 is 19.4 Å². The van der Waals surface area contributed by atoms with Crippen LogP contribution in [-0.4, -0.2) is 54.6 Å². The Balaban J connectivity index is 1.98. The molecule has 0 spiro atoms. The molecule has 0 unspecified atom stereocenters. The molecule has 0 saturated heterocycles. The summed E-state index contributed by atoms with van der Waals surface area (Å²) in [6, 6.07) is 10.6. The van der Waals surface area contributed by atoms with Gasteiger partial charge in [-0.05, 0) is 58.4 Å². The molecule has 0 radical (unpaired) electrons. The summed E-state index contributed by atoms with van der Waals surface area (Å²) in [5.74, 6) is 0. The van der Waals surface area contributed by atoms with Gasteiger partial charge in [-0.1, -0.05) is 43.2 Å². The van der Waals surface area contributed by atoms with E-state index in [1.807, 2.05) is 26.8 Å². The molecule has 0 aliphatic rings. The van der Waals surface area contributed by atoms with Crippen molar-refractivity contribution in [2.24, 2.45) is 0 Å². The summed E-state index contributed by atoms with van der Waals surface area (Å²) in [5.41, 5.74) is 0.882. The van der Waals surface area contributed by atoms with Gasteiger partial charge in [-0.3, -0.25) is 0 Å². The second-order valence-corrected chi connectivity index (χ2v) is 8.16. The maximum Gasteiger partial charge on any atom is 0.410 e. The molecular formula is C23H39NO4. The maximum absolute atomic E-state index is 12.1. The van der Waals surface area contributed by atoms with Gasteiger partial charge in [0.1, 0.15) is 5.60 Å². The third kappa shape index (κ3) is 12.7. The molecule has 0 aliphatic carbocycles. The van der Waals surface area contributed by atoms with Gasteiger partial charge in [0, 0.05) is 26.3 Å². The smallest absolute Gasteiger partial charge is 0.410 e. The van der Waals surface area contributed by atoms with Crippen molar-refractivity contribution in [2.75, 3.05) is 32.9 Å². The van der Waals surface area contributed by atoms with Crippen molar-refractivity contribution in [3.8, 4) is 0 Å². The van der Waals surface area contributed by atoms with Crippen LogP contribution in [-0.2, 0) is 15.9 Å². The van der Waals surface area contributed by atoms with Gasteiger partial charge in [0.05, 0.1) is 6.61 Å². The molecule has 0 atom stereocenters. The van der Waals surface area contributed by atoms with Crippen molar-refractivity contribution in [1.82, 2.24) is 4.90 Å². The molecule has 1 aromatic carbocycles. The molecule has 28 heavy (non-hydrogen) atoms. The van der Waals surface area contributed by atoms with Crippen LogP contribution in [0.2, 0.25) is 0 Å². The van der Waals surface area contributed by atoms with E-state index in [-0.39, 0.29) is 12.7 Å². The molecule has 1 rings (SSSR count). The number of amides is 1. The number of benzene rings is 1. The van der Waals surface area contributed by atoms with Crippen molar-refractivity contribution >= 4 is 6.09 Å². The van der Waals surface area contributed by atoms with Crippen LogP contribution in [0.4, 0.5) is 4.79 Å². The highest BCUT2D eigenvalue weighted by Crippen LogP contribution is 2.11. The van der Waals surface area contributed by atoms with Crippen molar-refractivity contribution in [3.63, 3.8) is 0 Å². The number of hydrogen-bond donors (Lipinski definition) is 1. The van der Waals surface area contributed by atoms with Crippen LogP contribution in [0.5, 0.6) is 0 Å². The Morgan fingerprint density at radius 3 is 2.21 bits per heavy atom. The van der Waals surface area contributed by atoms with Crippen LogP contribution >= 0.6 is 0 Å². The van der Waals surface area contributed by atoms with E-state index in [4.69, 9.17) is 14.6 Å². The summed E-state index contributed by atoms with van der Waals surface area (Å²) in [6.45, 7) is 8.08. The first-order chi connectivity index (χ1) is 13.4. The van der Waals surface area contributed by atoms with Crippen molar-refractivity contribution in [3.05, 3.63) is 35.9 Å². The monoisotopic (exact) mass is 393 g/mol. The van der Waals surface area contributed by atoms with Gasteiger partial charge in [0.15, 0.2) is 0 Å². The van der Waals surface area contributed by atoms with Gasteiger partial charge < -0.3 is 19.5 Å². The lowest BCUT2D eigenvalue weighted by Gasteiger charge is -2.27. The fourth-order valence-electron chi connectivity index (χ4n) is 2.88. The first-order valence-corrected chi connectivity index (χ1v) is 10.6. The zero-order chi connectivity index (χ0) is 20.7. The molecule has 0 aliphatic heterocycles. The number of unbranched alkanes of at least 4 members (excludes halogenated alkanes) is 4. The molecule has 0 heterocycles. The first kappa shape index (κ1) is 24.4. The number of carbonyl (C=O) groups is 1. The SMILES string of the molecule is CC(C)(C)OC(=O)N(CCO)CCCCCCOCCCCc1ccccc1. The highest BCUT2D eigenvalue weighted by Gasteiger charge is 2.21. The summed E-state index contributed by atoms with van der Waals surface area (Å²) in [6.07, 6.45) is 7.12. The lowest BCUT2D eigenvalue weighted by atomic mass is 10.1. The largest absolute Gasteiger partial charge is 0.444 e. The van der Waals surface area contributed by atoms with Gasteiger partial charge in [-0.2, -0.15) is 0 Å². The molecule has 0 bridgehead atoms. The van der Waals surface area contributed by atoms with E-state index >= 15 is 0 Å². The lowest BCUT2D eigenvalue weighted by Crippen LogP contribution is -2.39. The molecule has 1 N–H and O–H groups in total. The number of rotatable bonds is 14. The Morgan fingerprint density at radius 2 is 1.57 bits per heavy atom. The number of aliphatic hydroxyl groups is 1. The average Bonchev–Trinajstić information content (AvgIpc) is 2.64. The van der Waals surface area contributed by atoms with Gasteiger partial charge in [-0.15, -0.1) is 0 Å². The van der Waals surface area contributed by atoms with E-state index in [1.165, 1.54) is 5.56 Å². The highest BCUT2D eigenvalue weighted by molar-refractivity contribution is 5.68. The number of nitrogens with zero attached hydrogens (tertiary/aromatic N) is 1. The van der Waals surface area contributed by atoms with Crippen LogP contribution in [0.25, 0.3) is 0 Å². The van der Waals surface area contributed by atoms with E-state index in [2.05, 4.69) is 24.3 Å². The quantitative estimate of drug-likeness (QED) is 0.461. The third-order valence-corrected chi connectivity index (χ3v) is 4.34. The second kappa shape index (κ2) is 14.4. The number of hydrogen-bond acceptors (Lipinski definition) is 4. The highest BCUT2D eigenvalue weighted by atomic mass is 16.6. The molecule has 0 aromatic heterocycles. The van der Waals surface area contributed by atoms with E-state index in [0.717, 1.165) is 58.2 Å². The topological polar surface area (TPSA) is 59.0 Å². The molecule has 160 valence electrons. The maximum atomic E-state index is 12.1. The Labute approximate surface area is 171 Å². The number of aliphatic hydroxyl groups excluding tert-OH is 1. The predicted octanol–water partition coefficient (Wildman–Crippen LogP) is 4.82. The Kier molecular flexibility index (Phi) is 12.6. The second-order valence-electron chi connectivity index (χ2n) is 8.16. The average molecular weight is 394 g/mol. The summed E-state index contributed by atoms with van der Waals surface area (Å²) >= 11 is 0. The van der Waals surface area contributed by atoms with E-state index in [0.29, 0.717) is 13.1 Å². The van der Waals surface area contributed by atoms with E-state index < -0.39 is 5.60 Å². The minimum Gasteiger partial charge on any atom is -0.444 e. The molecule has 1 aromatic rings. The van der Waals surface area contributed by atoms with Crippen LogP contribution in [0.3, 0.4) is 0 Å². The normalized spacial score (nSPS) is 11.4. The summed E-state index contributed by atoms with van der Waals surface area (Å²) < 4.78 is 11.1. The van der Waals surface area contributed by atoms with Crippen molar-refractivity contribution in [2.45, 2.75) is 71.3 Å². The Morgan fingerprint density at radius 1 is 0.929 bits per heavy atom. The van der Waals surface area contributed by atoms with E-state index in [1.54, 1.807) is 4.90 Å². The first-order valence-electron chi connectivity index (χ1n) is 10.6. The number of aryl methyl sites for hydroxylation is 1. The minimum atomic E-state index is -0.511. The third-order valence-electron chi connectivity index (χ3n) is 4.34. The Bertz CT molecular complexity index is 513. The van der Waals surface area contributed by atoms with Gasteiger partial charge in [0.25, 0.3) is 0 Å². The van der Waals surface area contributed by atoms with E-state index in [9.17, 15) is 4.79 Å². The van der Waals surface area contributed by atoms with Crippen LogP contribution < -0.4 is 0 Å². The molecule has 5 heteroatoms. The molecule has 0 fully saturated rings. The zero-order valence-corrected chi connectivity index (χ0v) is 18.0. The summed E-state index contributed by atoms with van der Waals surface area (Å²) in [4.78, 5) is 13.7. The van der Waals surface area contributed by atoms with Crippen LogP contribution in [0.15, 0.2) is 30.3 Å². The minimum absolute atomic E-state index is 0.0443. The van der Waals surface area contributed by atoms with Gasteiger partial charge >= 0.3 is 6.09 Å². The van der Waals surface area contributed by atoms with Crippen LogP contribution in [0, 0.1) is 0 Å². The molecule has 1 amide bonds. The van der Waals surface area contributed by atoms with Gasteiger partial charge in [0.2, 0.25) is 0 Å². The zero-order valence-electron chi connectivity index (χ0n) is 18.0. The lowest BCUT2D eigenvalue weighted by molar-refractivity contribution is 0.0215. The molecule has 0 saturated carbocycles. The summed E-state index contributed by atoms with van der Waals surface area (Å²) in [7, 11) is 0. The molecule has 5 nitrogen and oxygen atoms in total. The Hall–Kier alpha value is -1.59. The van der Waals surface area contributed by atoms with Crippen LogP contribution in [0.1, 0.15) is 64.9 Å². The predicted molar refractivity (Wildman–Crippen MR) is 114 cm³/mol. The number of carbonyl (C=O) groups excluding carboxylic acids is 1. The number of ether oxygens (including phenoxy) is 2. The fraction of sp³-hybridized carbons (Fsp3) is 0.696. The fourth-order valence-corrected chi connectivity index (χ4v) is 2.88. The van der Waals surface area contributed by atoms with Gasteiger partial charge in [-0.25, -0.2) is 4.79 Å². The summed E-state index contributed by atoms with van der Waals surface area (Å²) in [5, 5.41) is 9.14. The standard InChI is InChI=1S/C23H39NO4/c1-23(2,3)28-22(26)24(17-18-25)16-10-4-5-11-19-27-20-12-9-15-21-13-7-6-8-14-21/h6-8,13-14,25H,4-5,9-12,15-20H2,1-3H3.